The van der Waals surface area contributed by atoms with Crippen LogP contribution in [0.5, 0.6) is 0 Å². The van der Waals surface area contributed by atoms with E-state index < -0.39 is 12.1 Å². The summed E-state index contributed by atoms with van der Waals surface area (Å²) >= 11 is 0. The number of carbonyl (C=O) groups excluding carboxylic acids is 1. The Labute approximate surface area is 193 Å². The van der Waals surface area contributed by atoms with Gasteiger partial charge in [-0.05, 0) is 63.2 Å². The molecular formula is C24H35F3N2O4. The fourth-order valence-electron chi connectivity index (χ4n) is 5.44. The Morgan fingerprint density at radius 2 is 1.82 bits per heavy atom. The molecule has 33 heavy (non-hydrogen) atoms. The van der Waals surface area contributed by atoms with Gasteiger partial charge in [0.15, 0.2) is 0 Å². The second-order valence-corrected chi connectivity index (χ2v) is 10.6. The number of hydrogen-bond acceptors (Lipinski definition) is 4. The standard InChI is InChI=1S/C22H34N2O2.C2HF3O2/c25-21(19-3-1-2-4-19)24-10-9-22(16-24)15-23(11-17-5-6-17)12-20(22)14-26-13-18-7-8-18;3-2(4,5)1(6)7/h3,17-18,20H,1-2,4-16H2;(H,6,7)/t20-,22+;/m0./s1. The zero-order valence-electron chi connectivity index (χ0n) is 19.1. The molecule has 2 aliphatic heterocycles. The second kappa shape index (κ2) is 9.94. The van der Waals surface area contributed by atoms with Crippen molar-refractivity contribution in [2.24, 2.45) is 23.2 Å². The number of carbonyl (C=O) groups is 2. The first-order valence-corrected chi connectivity index (χ1v) is 12.2. The molecule has 6 nitrogen and oxygen atoms in total. The molecule has 0 radical (unpaired) electrons. The summed E-state index contributed by atoms with van der Waals surface area (Å²) in [5.41, 5.74) is 1.37. The lowest BCUT2D eigenvalue weighted by molar-refractivity contribution is -0.192. The number of alkyl halides is 3. The molecule has 1 N–H and O–H groups in total. The van der Waals surface area contributed by atoms with E-state index in [1.165, 1.54) is 51.7 Å². The number of aliphatic carboxylic acids is 1. The number of likely N-dealkylation sites (tertiary alicyclic amines) is 2. The predicted molar refractivity (Wildman–Crippen MR) is 115 cm³/mol. The third-order valence-corrected chi connectivity index (χ3v) is 7.70. The van der Waals surface area contributed by atoms with Crippen LogP contribution in [0.1, 0.15) is 51.4 Å². The molecule has 5 aliphatic rings. The molecule has 0 aromatic carbocycles. The fraction of sp³-hybridized carbons (Fsp3) is 0.833. The summed E-state index contributed by atoms with van der Waals surface area (Å²) in [7, 11) is 0. The maximum Gasteiger partial charge on any atom is 0.490 e. The van der Waals surface area contributed by atoms with Crippen molar-refractivity contribution in [3.8, 4) is 0 Å². The van der Waals surface area contributed by atoms with E-state index in [2.05, 4.69) is 15.9 Å². The average molecular weight is 473 g/mol. The molecule has 9 heteroatoms. The van der Waals surface area contributed by atoms with E-state index in [1.54, 1.807) is 0 Å². The molecule has 3 aliphatic carbocycles. The quantitative estimate of drug-likeness (QED) is 0.612. The number of hydrogen-bond donors (Lipinski definition) is 1. The van der Waals surface area contributed by atoms with Crippen molar-refractivity contribution in [2.75, 3.05) is 45.9 Å². The van der Waals surface area contributed by atoms with Gasteiger partial charge in [0.1, 0.15) is 0 Å². The van der Waals surface area contributed by atoms with E-state index in [4.69, 9.17) is 14.6 Å². The van der Waals surface area contributed by atoms with Crippen LogP contribution < -0.4 is 0 Å². The largest absolute Gasteiger partial charge is 0.490 e. The van der Waals surface area contributed by atoms with Gasteiger partial charge in [-0.2, -0.15) is 13.2 Å². The molecule has 2 saturated heterocycles. The SMILES string of the molecule is O=C(C1=CCCC1)N1CC[C@@]2(CN(CC3CC3)C[C@H]2COCC2CC2)C1.O=C(O)C(F)(F)F. The van der Waals surface area contributed by atoms with E-state index in [-0.39, 0.29) is 5.41 Å². The molecule has 186 valence electrons. The van der Waals surface area contributed by atoms with Crippen molar-refractivity contribution in [1.29, 1.82) is 0 Å². The van der Waals surface area contributed by atoms with Gasteiger partial charge in [-0.15, -0.1) is 0 Å². The molecule has 2 saturated carbocycles. The van der Waals surface area contributed by atoms with Gasteiger partial charge in [-0.3, -0.25) is 4.79 Å². The van der Waals surface area contributed by atoms with Crippen molar-refractivity contribution in [2.45, 2.75) is 57.5 Å². The number of amides is 1. The summed E-state index contributed by atoms with van der Waals surface area (Å²) in [6.45, 7) is 7.43. The molecule has 2 atom stereocenters. The van der Waals surface area contributed by atoms with Gasteiger partial charge in [-0.25, -0.2) is 4.79 Å². The van der Waals surface area contributed by atoms with Gasteiger partial charge in [0.25, 0.3) is 0 Å². The number of ether oxygens (including phenoxy) is 1. The first kappa shape index (κ1) is 24.5. The molecule has 1 amide bonds. The number of allylic oxidation sites excluding steroid dienone is 1. The molecule has 5 rings (SSSR count). The van der Waals surface area contributed by atoms with Crippen molar-refractivity contribution in [1.82, 2.24) is 9.80 Å². The van der Waals surface area contributed by atoms with Crippen molar-refractivity contribution >= 4 is 11.9 Å². The lowest BCUT2D eigenvalue weighted by atomic mass is 9.77. The first-order valence-electron chi connectivity index (χ1n) is 12.2. The normalized spacial score (nSPS) is 29.8. The van der Waals surface area contributed by atoms with Crippen molar-refractivity contribution in [3.63, 3.8) is 0 Å². The Morgan fingerprint density at radius 3 is 2.39 bits per heavy atom. The minimum atomic E-state index is -5.08. The summed E-state index contributed by atoms with van der Waals surface area (Å²) in [6.07, 6.45) is 7.07. The zero-order chi connectivity index (χ0) is 23.6. The maximum absolute atomic E-state index is 12.9. The number of nitrogens with zero attached hydrogens (tertiary/aromatic N) is 2. The third kappa shape index (κ3) is 6.50. The van der Waals surface area contributed by atoms with Gasteiger partial charge < -0.3 is 19.6 Å². The van der Waals surface area contributed by atoms with Gasteiger partial charge in [0, 0.05) is 56.2 Å². The highest BCUT2D eigenvalue weighted by Crippen LogP contribution is 2.46. The van der Waals surface area contributed by atoms with Crippen molar-refractivity contribution < 1.29 is 32.6 Å². The maximum atomic E-state index is 12.9. The molecule has 1 spiro atoms. The minimum absolute atomic E-state index is 0.285. The average Bonchev–Trinajstić information content (AvgIpc) is 3.61. The Morgan fingerprint density at radius 1 is 1.12 bits per heavy atom. The molecule has 4 fully saturated rings. The predicted octanol–water partition coefficient (Wildman–Crippen LogP) is 3.72. The van der Waals surface area contributed by atoms with Crippen LogP contribution in [-0.4, -0.2) is 78.9 Å². The summed E-state index contributed by atoms with van der Waals surface area (Å²) in [5, 5.41) is 7.12. The van der Waals surface area contributed by atoms with Crippen LogP contribution in [0, 0.1) is 23.2 Å². The summed E-state index contributed by atoms with van der Waals surface area (Å²) in [6, 6.07) is 0. The molecule has 0 aromatic rings. The summed E-state index contributed by atoms with van der Waals surface area (Å²) in [5.74, 6) is -0.0348. The van der Waals surface area contributed by atoms with Crippen LogP contribution in [-0.2, 0) is 14.3 Å². The van der Waals surface area contributed by atoms with Gasteiger partial charge in [0.05, 0.1) is 6.61 Å². The van der Waals surface area contributed by atoms with Crippen LogP contribution in [0.2, 0.25) is 0 Å². The van der Waals surface area contributed by atoms with E-state index in [0.717, 1.165) is 63.0 Å². The third-order valence-electron chi connectivity index (χ3n) is 7.70. The monoisotopic (exact) mass is 472 g/mol. The smallest absolute Gasteiger partial charge is 0.475 e. The Hall–Kier alpha value is -1.61. The van der Waals surface area contributed by atoms with Gasteiger partial charge in [-0.1, -0.05) is 6.08 Å². The fourth-order valence-corrected chi connectivity index (χ4v) is 5.44. The highest BCUT2D eigenvalue weighted by atomic mass is 19.4. The molecule has 0 unspecified atom stereocenters. The molecule has 0 bridgehead atoms. The highest BCUT2D eigenvalue weighted by Gasteiger charge is 2.52. The minimum Gasteiger partial charge on any atom is -0.475 e. The molecular weight excluding hydrogens is 437 g/mol. The summed E-state index contributed by atoms with van der Waals surface area (Å²) < 4.78 is 37.9. The summed E-state index contributed by atoms with van der Waals surface area (Å²) in [4.78, 5) is 26.7. The van der Waals surface area contributed by atoms with Crippen molar-refractivity contribution in [3.05, 3.63) is 11.6 Å². The highest BCUT2D eigenvalue weighted by molar-refractivity contribution is 5.94. The van der Waals surface area contributed by atoms with Crippen LogP contribution in [0.4, 0.5) is 13.2 Å². The Balaban J connectivity index is 0.000000325. The number of carboxylic acid groups (broad SMARTS) is 1. The van der Waals surface area contributed by atoms with Crippen LogP contribution in [0.15, 0.2) is 11.6 Å². The van der Waals surface area contributed by atoms with E-state index in [9.17, 15) is 18.0 Å². The molecule has 2 heterocycles. The number of halogens is 3. The Bertz CT molecular complexity index is 763. The van der Waals surface area contributed by atoms with Crippen LogP contribution in [0.3, 0.4) is 0 Å². The number of carboxylic acids is 1. The van der Waals surface area contributed by atoms with E-state index >= 15 is 0 Å². The van der Waals surface area contributed by atoms with E-state index in [0.29, 0.717) is 11.8 Å². The lowest BCUT2D eigenvalue weighted by Gasteiger charge is -2.30. The van der Waals surface area contributed by atoms with Gasteiger partial charge >= 0.3 is 12.1 Å². The van der Waals surface area contributed by atoms with E-state index in [1.807, 2.05) is 0 Å². The van der Waals surface area contributed by atoms with Crippen LogP contribution >= 0.6 is 0 Å². The van der Waals surface area contributed by atoms with Crippen LogP contribution in [0.25, 0.3) is 0 Å². The molecule has 0 aromatic heterocycles. The number of rotatable bonds is 7. The topological polar surface area (TPSA) is 70.1 Å². The van der Waals surface area contributed by atoms with Gasteiger partial charge in [0.2, 0.25) is 5.91 Å². The second-order valence-electron chi connectivity index (χ2n) is 10.6. The lowest BCUT2D eigenvalue weighted by Crippen LogP contribution is -2.38. The first-order chi connectivity index (χ1) is 15.7. The zero-order valence-corrected chi connectivity index (χ0v) is 19.1. The Kier molecular flexibility index (Phi) is 7.38.